The van der Waals surface area contributed by atoms with Crippen molar-refractivity contribution in [1.29, 1.82) is 0 Å². The maximum Gasteiger partial charge on any atom is 0.231 e. The van der Waals surface area contributed by atoms with E-state index >= 15 is 0 Å². The van der Waals surface area contributed by atoms with Gasteiger partial charge in [-0.1, -0.05) is 32.0 Å². The standard InChI is InChI=1S/C20H23NO3/c1-14(2)16-5-4-6-17(13-16)21(3)20(22)12-15-7-8-18-19(11-15)24-10-9-23-18/h4-8,11,13-14H,9-10,12H2,1-3H3. The second-order valence-corrected chi connectivity index (χ2v) is 6.36. The van der Waals surface area contributed by atoms with Gasteiger partial charge in [0.05, 0.1) is 6.42 Å². The van der Waals surface area contributed by atoms with Crippen molar-refractivity contribution in [3.63, 3.8) is 0 Å². The van der Waals surface area contributed by atoms with Gasteiger partial charge in [-0.3, -0.25) is 4.79 Å². The Hall–Kier alpha value is -2.49. The minimum absolute atomic E-state index is 0.0487. The topological polar surface area (TPSA) is 38.8 Å². The van der Waals surface area contributed by atoms with Crippen LogP contribution in [0, 0.1) is 0 Å². The van der Waals surface area contributed by atoms with Gasteiger partial charge >= 0.3 is 0 Å². The predicted octanol–water partition coefficient (Wildman–Crippen LogP) is 3.79. The van der Waals surface area contributed by atoms with Gasteiger partial charge in [0.2, 0.25) is 5.91 Å². The van der Waals surface area contributed by atoms with Crippen LogP contribution in [-0.4, -0.2) is 26.2 Å². The molecule has 2 aromatic rings. The van der Waals surface area contributed by atoms with Gasteiger partial charge in [0.1, 0.15) is 13.2 Å². The van der Waals surface area contributed by atoms with E-state index in [0.717, 1.165) is 22.7 Å². The van der Waals surface area contributed by atoms with Gasteiger partial charge in [-0.25, -0.2) is 0 Å². The van der Waals surface area contributed by atoms with Gasteiger partial charge in [-0.2, -0.15) is 0 Å². The van der Waals surface area contributed by atoms with Gasteiger partial charge < -0.3 is 14.4 Å². The van der Waals surface area contributed by atoms with Crippen LogP contribution in [0.2, 0.25) is 0 Å². The Labute approximate surface area is 143 Å². The van der Waals surface area contributed by atoms with E-state index in [4.69, 9.17) is 9.47 Å². The number of hydrogen-bond donors (Lipinski definition) is 0. The highest BCUT2D eigenvalue weighted by atomic mass is 16.6. The van der Waals surface area contributed by atoms with Crippen molar-refractivity contribution in [3.05, 3.63) is 53.6 Å². The van der Waals surface area contributed by atoms with E-state index in [1.807, 2.05) is 37.4 Å². The smallest absolute Gasteiger partial charge is 0.231 e. The zero-order chi connectivity index (χ0) is 17.1. The average molecular weight is 325 g/mol. The third-order valence-electron chi connectivity index (χ3n) is 4.26. The summed E-state index contributed by atoms with van der Waals surface area (Å²) in [6.07, 6.45) is 0.332. The molecule has 0 bridgehead atoms. The van der Waals surface area contributed by atoms with E-state index in [9.17, 15) is 4.79 Å². The molecule has 24 heavy (non-hydrogen) atoms. The van der Waals surface area contributed by atoms with E-state index in [2.05, 4.69) is 26.0 Å². The third-order valence-corrected chi connectivity index (χ3v) is 4.26. The fourth-order valence-corrected chi connectivity index (χ4v) is 2.73. The van der Waals surface area contributed by atoms with E-state index < -0.39 is 0 Å². The van der Waals surface area contributed by atoms with Crippen LogP contribution in [0.3, 0.4) is 0 Å². The first kappa shape index (κ1) is 16.4. The monoisotopic (exact) mass is 325 g/mol. The lowest BCUT2D eigenvalue weighted by Crippen LogP contribution is -2.28. The number of nitrogens with zero attached hydrogens (tertiary/aromatic N) is 1. The molecule has 0 atom stereocenters. The van der Waals surface area contributed by atoms with Gasteiger partial charge in [0.15, 0.2) is 11.5 Å². The molecule has 0 saturated carbocycles. The Morgan fingerprint density at radius 1 is 1.08 bits per heavy atom. The fourth-order valence-electron chi connectivity index (χ4n) is 2.73. The van der Waals surface area contributed by atoms with E-state index in [-0.39, 0.29) is 5.91 Å². The van der Waals surface area contributed by atoms with Crippen LogP contribution in [0.25, 0.3) is 0 Å². The number of anilines is 1. The van der Waals surface area contributed by atoms with E-state index in [1.54, 1.807) is 4.90 Å². The molecule has 0 fully saturated rings. The molecule has 4 heteroatoms. The molecule has 1 amide bonds. The van der Waals surface area contributed by atoms with Crippen molar-refractivity contribution in [2.24, 2.45) is 0 Å². The zero-order valence-corrected chi connectivity index (χ0v) is 14.4. The van der Waals surface area contributed by atoms with Crippen LogP contribution < -0.4 is 14.4 Å². The van der Waals surface area contributed by atoms with Crippen LogP contribution in [0.15, 0.2) is 42.5 Å². The largest absolute Gasteiger partial charge is 0.486 e. The summed E-state index contributed by atoms with van der Waals surface area (Å²) in [5.74, 6) is 1.95. The molecule has 0 unspecified atom stereocenters. The maximum absolute atomic E-state index is 12.6. The molecule has 1 aliphatic rings. The lowest BCUT2D eigenvalue weighted by Gasteiger charge is -2.21. The average Bonchev–Trinajstić information content (AvgIpc) is 2.61. The fraction of sp³-hybridized carbons (Fsp3) is 0.350. The number of carbonyl (C=O) groups excluding carboxylic acids is 1. The van der Waals surface area contributed by atoms with Gasteiger partial charge in [0, 0.05) is 12.7 Å². The van der Waals surface area contributed by atoms with Crippen LogP contribution in [-0.2, 0) is 11.2 Å². The Kier molecular flexibility index (Phi) is 4.74. The summed E-state index contributed by atoms with van der Waals surface area (Å²) in [5, 5.41) is 0. The highest BCUT2D eigenvalue weighted by Crippen LogP contribution is 2.31. The number of rotatable bonds is 4. The Morgan fingerprint density at radius 2 is 1.83 bits per heavy atom. The first-order chi connectivity index (χ1) is 11.5. The molecule has 0 aromatic heterocycles. The van der Waals surface area contributed by atoms with E-state index in [1.165, 1.54) is 5.56 Å². The quantitative estimate of drug-likeness (QED) is 0.858. The van der Waals surface area contributed by atoms with Crippen LogP contribution in [0.4, 0.5) is 5.69 Å². The first-order valence-corrected chi connectivity index (χ1v) is 8.29. The van der Waals surface area contributed by atoms with Crippen molar-refractivity contribution in [3.8, 4) is 11.5 Å². The zero-order valence-electron chi connectivity index (χ0n) is 14.4. The molecule has 1 aliphatic heterocycles. The lowest BCUT2D eigenvalue weighted by molar-refractivity contribution is -0.117. The van der Waals surface area contributed by atoms with Crippen molar-refractivity contribution < 1.29 is 14.3 Å². The molecule has 0 saturated heterocycles. The SMILES string of the molecule is CC(C)c1cccc(N(C)C(=O)Cc2ccc3c(c2)OCCO3)c1. The Bertz CT molecular complexity index is 739. The third kappa shape index (κ3) is 3.53. The summed E-state index contributed by atoms with van der Waals surface area (Å²) >= 11 is 0. The van der Waals surface area contributed by atoms with Crippen LogP contribution >= 0.6 is 0 Å². The minimum Gasteiger partial charge on any atom is -0.486 e. The summed E-state index contributed by atoms with van der Waals surface area (Å²) in [4.78, 5) is 14.3. The highest BCUT2D eigenvalue weighted by molar-refractivity contribution is 5.94. The normalized spacial score (nSPS) is 13.0. The number of hydrogen-bond acceptors (Lipinski definition) is 3. The molecule has 3 rings (SSSR count). The first-order valence-electron chi connectivity index (χ1n) is 8.29. The molecule has 0 N–H and O–H groups in total. The molecule has 0 radical (unpaired) electrons. The number of carbonyl (C=O) groups is 1. The summed E-state index contributed by atoms with van der Waals surface area (Å²) in [6, 6.07) is 13.8. The van der Waals surface area contributed by atoms with E-state index in [0.29, 0.717) is 25.6 Å². The Morgan fingerprint density at radius 3 is 2.58 bits per heavy atom. The number of benzene rings is 2. The molecule has 4 nitrogen and oxygen atoms in total. The number of fused-ring (bicyclic) bond motifs is 1. The summed E-state index contributed by atoms with van der Waals surface area (Å²) in [7, 11) is 1.82. The number of ether oxygens (including phenoxy) is 2. The van der Waals surface area contributed by atoms with Gasteiger partial charge in [-0.15, -0.1) is 0 Å². The van der Waals surface area contributed by atoms with Crippen LogP contribution in [0.5, 0.6) is 11.5 Å². The lowest BCUT2D eigenvalue weighted by atomic mass is 10.0. The molecule has 2 aromatic carbocycles. The van der Waals surface area contributed by atoms with Crippen LogP contribution in [0.1, 0.15) is 30.9 Å². The summed E-state index contributed by atoms with van der Waals surface area (Å²) in [6.45, 7) is 5.42. The molecule has 0 aliphatic carbocycles. The van der Waals surface area contributed by atoms with Crippen molar-refractivity contribution in [1.82, 2.24) is 0 Å². The number of amides is 1. The molecule has 126 valence electrons. The van der Waals surface area contributed by atoms with Crippen molar-refractivity contribution in [2.45, 2.75) is 26.2 Å². The highest BCUT2D eigenvalue weighted by Gasteiger charge is 2.16. The van der Waals surface area contributed by atoms with Gasteiger partial charge in [-0.05, 0) is 41.3 Å². The molecular formula is C20H23NO3. The maximum atomic E-state index is 12.6. The van der Waals surface area contributed by atoms with Crippen molar-refractivity contribution >= 4 is 11.6 Å². The summed E-state index contributed by atoms with van der Waals surface area (Å²) < 4.78 is 11.1. The predicted molar refractivity (Wildman–Crippen MR) is 95.1 cm³/mol. The second-order valence-electron chi connectivity index (χ2n) is 6.36. The molecular weight excluding hydrogens is 302 g/mol. The Balaban J connectivity index is 1.73. The number of likely N-dealkylation sites (N-methyl/N-ethyl adjacent to an activating group) is 1. The van der Waals surface area contributed by atoms with Crippen molar-refractivity contribution in [2.75, 3.05) is 25.2 Å². The molecule has 0 spiro atoms. The summed E-state index contributed by atoms with van der Waals surface area (Å²) in [5.41, 5.74) is 3.08. The second kappa shape index (κ2) is 6.95. The van der Waals surface area contributed by atoms with Gasteiger partial charge in [0.25, 0.3) is 0 Å². The minimum atomic E-state index is 0.0487. The molecule has 1 heterocycles.